The number of rotatable bonds is 6. The van der Waals surface area contributed by atoms with Crippen molar-refractivity contribution < 1.29 is 5.11 Å². The van der Waals surface area contributed by atoms with Crippen LogP contribution >= 0.6 is 0 Å². The van der Waals surface area contributed by atoms with Crippen molar-refractivity contribution in [3.8, 4) is 0 Å². The molecule has 2 N–H and O–H groups in total. The molecule has 2 aliphatic rings. The summed E-state index contributed by atoms with van der Waals surface area (Å²) in [5, 5.41) is 14.1. The lowest BCUT2D eigenvalue weighted by Gasteiger charge is -2.40. The molecule has 0 radical (unpaired) electrons. The van der Waals surface area contributed by atoms with Gasteiger partial charge >= 0.3 is 0 Å². The minimum atomic E-state index is -0.369. The summed E-state index contributed by atoms with van der Waals surface area (Å²) in [7, 11) is 0. The molecule has 0 unspecified atom stereocenters. The molecular formula is C16H32N2O. The van der Waals surface area contributed by atoms with Gasteiger partial charge in [-0.3, -0.25) is 0 Å². The molecule has 1 aliphatic carbocycles. The Morgan fingerprint density at radius 1 is 1.16 bits per heavy atom. The highest BCUT2D eigenvalue weighted by atomic mass is 16.3. The molecule has 0 spiro atoms. The van der Waals surface area contributed by atoms with E-state index in [1.165, 1.54) is 58.2 Å². The molecular weight excluding hydrogens is 236 g/mol. The van der Waals surface area contributed by atoms with E-state index in [1.54, 1.807) is 0 Å². The molecule has 3 heteroatoms. The maximum atomic E-state index is 10.6. The van der Waals surface area contributed by atoms with Crippen LogP contribution in [0.25, 0.3) is 0 Å². The topological polar surface area (TPSA) is 35.5 Å². The lowest BCUT2D eigenvalue weighted by atomic mass is 9.84. The fourth-order valence-corrected chi connectivity index (χ4v) is 3.62. The van der Waals surface area contributed by atoms with Crippen LogP contribution in [0.1, 0.15) is 58.3 Å². The van der Waals surface area contributed by atoms with E-state index in [2.05, 4.69) is 17.1 Å². The Bertz CT molecular complexity index is 243. The van der Waals surface area contributed by atoms with Crippen molar-refractivity contribution in [1.29, 1.82) is 0 Å². The van der Waals surface area contributed by atoms with Gasteiger partial charge in [0.15, 0.2) is 0 Å². The van der Waals surface area contributed by atoms with E-state index in [0.29, 0.717) is 0 Å². The molecule has 1 saturated heterocycles. The third-order valence-electron chi connectivity index (χ3n) is 4.87. The maximum Gasteiger partial charge on any atom is 0.0774 e. The summed E-state index contributed by atoms with van der Waals surface area (Å²) in [6.45, 7) is 7.84. The molecule has 1 aliphatic heterocycles. The molecule has 0 aromatic heterocycles. The molecule has 3 nitrogen and oxygen atoms in total. The van der Waals surface area contributed by atoms with Crippen LogP contribution in [-0.4, -0.2) is 48.3 Å². The van der Waals surface area contributed by atoms with Crippen LogP contribution in [0.15, 0.2) is 0 Å². The standard InChI is InChI=1S/C16H32N2O/c1-2-10-17-13-15-6-11-18(12-7-15)14-16(19)8-4-3-5-9-16/h15,17,19H,2-14H2,1H3. The normalized spacial score (nSPS) is 25.6. The van der Waals surface area contributed by atoms with Gasteiger partial charge in [-0.1, -0.05) is 26.2 Å². The minimum Gasteiger partial charge on any atom is -0.389 e. The fourth-order valence-electron chi connectivity index (χ4n) is 3.62. The zero-order valence-electron chi connectivity index (χ0n) is 12.7. The highest BCUT2D eigenvalue weighted by molar-refractivity contribution is 4.87. The monoisotopic (exact) mass is 268 g/mol. The first kappa shape index (κ1) is 15.3. The van der Waals surface area contributed by atoms with Crippen LogP contribution in [0.5, 0.6) is 0 Å². The zero-order valence-corrected chi connectivity index (χ0v) is 12.7. The average molecular weight is 268 g/mol. The van der Waals surface area contributed by atoms with Crippen LogP contribution in [-0.2, 0) is 0 Å². The summed E-state index contributed by atoms with van der Waals surface area (Å²) in [5.41, 5.74) is -0.369. The van der Waals surface area contributed by atoms with E-state index in [9.17, 15) is 5.11 Å². The van der Waals surface area contributed by atoms with Crippen LogP contribution in [0, 0.1) is 5.92 Å². The Morgan fingerprint density at radius 2 is 1.84 bits per heavy atom. The Hall–Kier alpha value is -0.120. The predicted molar refractivity (Wildman–Crippen MR) is 80.4 cm³/mol. The Balaban J connectivity index is 1.65. The molecule has 0 bridgehead atoms. The second-order valence-electron chi connectivity index (χ2n) is 6.71. The maximum absolute atomic E-state index is 10.6. The number of aliphatic hydroxyl groups is 1. The largest absolute Gasteiger partial charge is 0.389 e. The lowest BCUT2D eigenvalue weighted by molar-refractivity contribution is -0.0325. The number of β-amino-alcohol motifs (C(OH)–C–C–N with tert-alkyl or cyclic N) is 1. The van der Waals surface area contributed by atoms with Crippen molar-refractivity contribution in [2.24, 2.45) is 5.92 Å². The van der Waals surface area contributed by atoms with Gasteiger partial charge in [0, 0.05) is 6.54 Å². The van der Waals surface area contributed by atoms with Gasteiger partial charge in [-0.2, -0.15) is 0 Å². The van der Waals surface area contributed by atoms with E-state index in [4.69, 9.17) is 0 Å². The van der Waals surface area contributed by atoms with Crippen LogP contribution < -0.4 is 5.32 Å². The first-order chi connectivity index (χ1) is 9.22. The highest BCUT2D eigenvalue weighted by Crippen LogP contribution is 2.30. The van der Waals surface area contributed by atoms with Crippen molar-refractivity contribution in [1.82, 2.24) is 10.2 Å². The molecule has 1 saturated carbocycles. The first-order valence-corrected chi connectivity index (χ1v) is 8.37. The molecule has 0 aromatic rings. The molecule has 0 aromatic carbocycles. The molecule has 0 atom stereocenters. The summed E-state index contributed by atoms with van der Waals surface area (Å²) >= 11 is 0. The van der Waals surface area contributed by atoms with Crippen LogP contribution in [0.2, 0.25) is 0 Å². The summed E-state index contributed by atoms with van der Waals surface area (Å²) in [6, 6.07) is 0. The van der Waals surface area contributed by atoms with Crippen molar-refractivity contribution in [2.45, 2.75) is 63.9 Å². The Kier molecular flexibility index (Phi) is 6.11. The summed E-state index contributed by atoms with van der Waals surface area (Å²) in [6.07, 6.45) is 9.61. The number of piperidine rings is 1. The number of hydrogen-bond donors (Lipinski definition) is 2. The van der Waals surface area contributed by atoms with E-state index in [1.807, 2.05) is 0 Å². The number of hydrogen-bond acceptors (Lipinski definition) is 3. The third-order valence-corrected chi connectivity index (χ3v) is 4.87. The average Bonchev–Trinajstić information content (AvgIpc) is 2.41. The van der Waals surface area contributed by atoms with Gasteiger partial charge in [0.2, 0.25) is 0 Å². The molecule has 0 amide bonds. The Morgan fingerprint density at radius 3 is 2.47 bits per heavy atom. The van der Waals surface area contributed by atoms with E-state index < -0.39 is 0 Å². The summed E-state index contributed by atoms with van der Waals surface area (Å²) in [4.78, 5) is 2.50. The van der Waals surface area contributed by atoms with Gasteiger partial charge < -0.3 is 15.3 Å². The molecule has 1 heterocycles. The predicted octanol–water partition coefficient (Wildman–Crippen LogP) is 2.39. The van der Waals surface area contributed by atoms with Gasteiger partial charge in [0.05, 0.1) is 5.60 Å². The van der Waals surface area contributed by atoms with Gasteiger partial charge in [0.1, 0.15) is 0 Å². The zero-order chi connectivity index (χ0) is 13.6. The molecule has 2 fully saturated rings. The van der Waals surface area contributed by atoms with Crippen LogP contribution in [0.4, 0.5) is 0 Å². The highest BCUT2D eigenvalue weighted by Gasteiger charge is 2.32. The van der Waals surface area contributed by atoms with Gasteiger partial charge in [-0.25, -0.2) is 0 Å². The number of nitrogens with one attached hydrogen (secondary N) is 1. The number of nitrogens with zero attached hydrogens (tertiary/aromatic N) is 1. The Labute approximate surface area is 118 Å². The van der Waals surface area contributed by atoms with E-state index in [-0.39, 0.29) is 5.60 Å². The SMILES string of the molecule is CCCNCC1CCN(CC2(O)CCCCC2)CC1. The van der Waals surface area contributed by atoms with Crippen molar-refractivity contribution in [3.63, 3.8) is 0 Å². The molecule has 2 rings (SSSR count). The number of likely N-dealkylation sites (tertiary alicyclic amines) is 1. The molecule has 19 heavy (non-hydrogen) atoms. The van der Waals surface area contributed by atoms with Crippen molar-refractivity contribution in [3.05, 3.63) is 0 Å². The van der Waals surface area contributed by atoms with Gasteiger partial charge in [-0.05, 0) is 64.2 Å². The summed E-state index contributed by atoms with van der Waals surface area (Å²) in [5.74, 6) is 0.851. The summed E-state index contributed by atoms with van der Waals surface area (Å²) < 4.78 is 0. The second kappa shape index (κ2) is 7.61. The second-order valence-corrected chi connectivity index (χ2v) is 6.71. The fraction of sp³-hybridized carbons (Fsp3) is 1.00. The first-order valence-electron chi connectivity index (χ1n) is 8.37. The van der Waals surface area contributed by atoms with E-state index >= 15 is 0 Å². The van der Waals surface area contributed by atoms with Gasteiger partial charge in [0.25, 0.3) is 0 Å². The smallest absolute Gasteiger partial charge is 0.0774 e. The third kappa shape index (κ3) is 5.05. The van der Waals surface area contributed by atoms with E-state index in [0.717, 1.165) is 31.8 Å². The quantitative estimate of drug-likeness (QED) is 0.726. The lowest BCUT2D eigenvalue weighted by Crippen LogP contribution is -2.47. The van der Waals surface area contributed by atoms with Gasteiger partial charge in [-0.15, -0.1) is 0 Å². The van der Waals surface area contributed by atoms with Crippen LogP contribution in [0.3, 0.4) is 0 Å². The molecule has 112 valence electrons. The van der Waals surface area contributed by atoms with Crippen molar-refractivity contribution >= 4 is 0 Å². The minimum absolute atomic E-state index is 0.369. The van der Waals surface area contributed by atoms with Crippen molar-refractivity contribution in [2.75, 3.05) is 32.7 Å².